The number of carbonyl (C=O) groups excluding carboxylic acids is 2. The van der Waals surface area contributed by atoms with Crippen LogP contribution in [0.2, 0.25) is 0 Å². The van der Waals surface area contributed by atoms with Crippen LogP contribution in [0, 0.1) is 11.3 Å². The van der Waals surface area contributed by atoms with Gasteiger partial charge in [-0.05, 0) is 74.6 Å². The zero-order valence-electron chi connectivity index (χ0n) is 34.2. The van der Waals surface area contributed by atoms with Gasteiger partial charge in [0.2, 0.25) is 0 Å². The molecule has 0 radical (unpaired) electrons. The van der Waals surface area contributed by atoms with E-state index in [9.17, 15) is 19.8 Å². The first-order valence-corrected chi connectivity index (χ1v) is 19.0. The van der Waals surface area contributed by atoms with E-state index in [0.29, 0.717) is 53.6 Å². The third kappa shape index (κ3) is 9.34. The van der Waals surface area contributed by atoms with E-state index in [1.165, 1.54) is 23.6 Å². The van der Waals surface area contributed by atoms with Crippen molar-refractivity contribution >= 4 is 24.1 Å². The Morgan fingerprint density at radius 1 is 0.845 bits per heavy atom. The molecule has 310 valence electrons. The number of hydrogen-bond donors (Lipinski definition) is 2. The fourth-order valence-electron chi connectivity index (χ4n) is 7.76. The van der Waals surface area contributed by atoms with Gasteiger partial charge in [-0.2, -0.15) is 0 Å². The number of aliphatic hydroxyl groups is 2. The summed E-state index contributed by atoms with van der Waals surface area (Å²) in [4.78, 5) is 23.6. The zero-order chi connectivity index (χ0) is 41.8. The lowest BCUT2D eigenvalue weighted by molar-refractivity contribution is -0.187. The van der Waals surface area contributed by atoms with E-state index in [2.05, 4.69) is 32.8 Å². The first-order chi connectivity index (χ1) is 27.6. The molecule has 0 saturated heterocycles. The van der Waals surface area contributed by atoms with Gasteiger partial charge in [0.15, 0.2) is 11.5 Å². The maximum atomic E-state index is 11.8. The van der Waals surface area contributed by atoms with Gasteiger partial charge in [0.25, 0.3) is 0 Å². The summed E-state index contributed by atoms with van der Waals surface area (Å²) in [6.45, 7) is 9.93. The summed E-state index contributed by atoms with van der Waals surface area (Å²) in [5.74, 6) is 1.33. The lowest BCUT2D eigenvalue weighted by atomic mass is 9.57. The largest absolute Gasteiger partial charge is 0.493 e. The third-order valence-corrected chi connectivity index (χ3v) is 10.8. The number of aliphatic hydroxyl groups excluding tert-OH is 2. The van der Waals surface area contributed by atoms with Crippen LogP contribution in [-0.4, -0.2) is 91.3 Å². The molecule has 0 unspecified atom stereocenters. The Kier molecular flexibility index (Phi) is 12.6. The van der Waals surface area contributed by atoms with E-state index in [0.717, 1.165) is 27.8 Å². The summed E-state index contributed by atoms with van der Waals surface area (Å²) >= 11 is 0. The zero-order valence-corrected chi connectivity index (χ0v) is 34.2. The van der Waals surface area contributed by atoms with E-state index < -0.39 is 35.2 Å². The van der Waals surface area contributed by atoms with Gasteiger partial charge in [-0.1, -0.05) is 48.1 Å². The molecule has 1 aliphatic heterocycles. The van der Waals surface area contributed by atoms with Gasteiger partial charge in [0, 0.05) is 23.3 Å². The topological polar surface area (TPSA) is 191 Å². The van der Waals surface area contributed by atoms with Gasteiger partial charge < -0.3 is 38.6 Å². The maximum absolute atomic E-state index is 11.8. The van der Waals surface area contributed by atoms with Crippen molar-refractivity contribution in [2.75, 3.05) is 21.3 Å². The van der Waals surface area contributed by atoms with E-state index in [-0.39, 0.29) is 32.2 Å². The Labute approximate surface area is 337 Å². The van der Waals surface area contributed by atoms with Gasteiger partial charge >= 0.3 is 11.9 Å². The number of hydrogen-bond acceptors (Lipinski definition) is 14. The number of allylic oxidation sites excluding steroid dienone is 2. The molecule has 2 aromatic carbocycles. The van der Waals surface area contributed by atoms with E-state index >= 15 is 0 Å². The van der Waals surface area contributed by atoms with Crippen LogP contribution in [-0.2, 0) is 58.2 Å². The molecule has 4 atom stereocenters. The van der Waals surface area contributed by atoms with Crippen molar-refractivity contribution in [2.24, 2.45) is 11.3 Å². The minimum atomic E-state index is -0.900. The fraction of sp³-hybridized carbons (Fsp3) is 0.476. The number of nitrogens with zero attached hydrogens (tertiary/aromatic N) is 6. The molecule has 1 fully saturated rings. The molecule has 1 aliphatic carbocycles. The summed E-state index contributed by atoms with van der Waals surface area (Å²) in [5, 5.41) is 38.1. The second kappa shape index (κ2) is 17.4. The highest BCUT2D eigenvalue weighted by atomic mass is 16.5. The van der Waals surface area contributed by atoms with Gasteiger partial charge in [0.05, 0.1) is 45.9 Å². The molecule has 4 aromatic rings. The minimum absolute atomic E-state index is 0.0572. The lowest BCUT2D eigenvalue weighted by Crippen LogP contribution is -2.63. The number of aromatic nitrogens is 6. The van der Waals surface area contributed by atoms with Gasteiger partial charge in [-0.25, -0.2) is 9.36 Å². The van der Waals surface area contributed by atoms with Crippen LogP contribution >= 0.6 is 0 Å². The highest BCUT2D eigenvalue weighted by molar-refractivity contribution is 5.74. The summed E-state index contributed by atoms with van der Waals surface area (Å²) < 4.78 is 37.6. The van der Waals surface area contributed by atoms with Crippen LogP contribution in [0.1, 0.15) is 74.7 Å². The van der Waals surface area contributed by atoms with Crippen LogP contribution < -0.4 is 18.9 Å². The number of ether oxygens (including phenoxy) is 6. The van der Waals surface area contributed by atoms with Crippen molar-refractivity contribution in [2.45, 2.75) is 98.0 Å². The quantitative estimate of drug-likeness (QED) is 0.0969. The molecule has 16 nitrogen and oxygen atoms in total. The molecule has 2 aliphatic rings. The number of esters is 2. The van der Waals surface area contributed by atoms with Crippen LogP contribution in [0.3, 0.4) is 0 Å². The summed E-state index contributed by atoms with van der Waals surface area (Å²) in [5.41, 5.74) is 4.17. The molecular weight excluding hydrogens is 748 g/mol. The van der Waals surface area contributed by atoms with E-state index in [1.807, 2.05) is 65.0 Å². The summed E-state index contributed by atoms with van der Waals surface area (Å²) in [6, 6.07) is 7.81. The number of rotatable bonds is 15. The summed E-state index contributed by atoms with van der Waals surface area (Å²) in [6.07, 6.45) is 8.88. The predicted molar refractivity (Wildman–Crippen MR) is 211 cm³/mol. The number of benzene rings is 2. The van der Waals surface area contributed by atoms with Crippen LogP contribution in [0.5, 0.6) is 23.0 Å². The van der Waals surface area contributed by atoms with Crippen molar-refractivity contribution in [3.05, 3.63) is 81.9 Å². The lowest BCUT2D eigenvalue weighted by Gasteiger charge is -2.56. The molecule has 2 N–H and O–H groups in total. The Morgan fingerprint density at radius 2 is 1.38 bits per heavy atom. The molecule has 2 aromatic heterocycles. The molecule has 3 heterocycles. The average molecular weight is 801 g/mol. The standard InChI is InChI=1S/C42H52N6O10/c1-25(2)9-12-31-33(56-23-29-19-47(45-43-29)21-37(50)54-7)14-27(15-34(31)57-24-30-20-48(46-44-30)22-38(51)55-8)11-10-26-13-28-17-36-41(3,4)40(52)32(49)18-42(36,5)58-39(28)35(16-26)53-6/h9-11,13-16,19-20,32,36,40,49,52H,12,17-18,21-24H2,1-8H3/b11-10+/t32-,36-,40-,42-/m1/s1. The van der Waals surface area contributed by atoms with Gasteiger partial charge in [0.1, 0.15) is 54.8 Å². The molecule has 1 saturated carbocycles. The van der Waals surface area contributed by atoms with Gasteiger partial charge in [-0.3, -0.25) is 9.59 Å². The molecule has 6 rings (SSSR count). The van der Waals surface area contributed by atoms with Crippen molar-refractivity contribution < 1.29 is 48.2 Å². The fourth-order valence-corrected chi connectivity index (χ4v) is 7.76. The maximum Gasteiger partial charge on any atom is 0.327 e. The smallest absolute Gasteiger partial charge is 0.327 e. The van der Waals surface area contributed by atoms with E-state index in [4.69, 9.17) is 28.4 Å². The highest BCUT2D eigenvalue weighted by Crippen LogP contribution is 2.55. The third-order valence-electron chi connectivity index (χ3n) is 10.8. The Bertz CT molecular complexity index is 2110. The first-order valence-electron chi connectivity index (χ1n) is 19.0. The molecule has 58 heavy (non-hydrogen) atoms. The Hall–Kier alpha value is -5.74. The van der Waals surface area contributed by atoms with E-state index in [1.54, 1.807) is 19.5 Å². The Balaban J connectivity index is 1.34. The van der Waals surface area contributed by atoms with Crippen molar-refractivity contribution in [1.82, 2.24) is 30.0 Å². The van der Waals surface area contributed by atoms with Crippen molar-refractivity contribution in [3.63, 3.8) is 0 Å². The highest BCUT2D eigenvalue weighted by Gasteiger charge is 2.58. The van der Waals surface area contributed by atoms with Crippen molar-refractivity contribution in [3.8, 4) is 23.0 Å². The van der Waals surface area contributed by atoms with Crippen LogP contribution in [0.25, 0.3) is 12.2 Å². The molecule has 16 heteroatoms. The second-order valence-electron chi connectivity index (χ2n) is 15.8. The summed E-state index contributed by atoms with van der Waals surface area (Å²) in [7, 11) is 4.22. The number of fused-ring (bicyclic) bond motifs is 2. The predicted octanol–water partition coefficient (Wildman–Crippen LogP) is 4.52. The van der Waals surface area contributed by atoms with Crippen molar-refractivity contribution in [1.29, 1.82) is 0 Å². The molecule has 0 amide bonds. The molecular formula is C42H52N6O10. The van der Waals surface area contributed by atoms with Crippen LogP contribution in [0.4, 0.5) is 0 Å². The van der Waals surface area contributed by atoms with Gasteiger partial charge in [-0.15, -0.1) is 10.2 Å². The second-order valence-corrected chi connectivity index (χ2v) is 15.8. The number of carbonyl (C=O) groups is 2. The molecule has 0 bridgehead atoms. The number of methoxy groups -OCH3 is 3. The average Bonchev–Trinajstić information content (AvgIpc) is 3.84. The first kappa shape index (κ1) is 41.9. The SMILES string of the molecule is COC(=O)Cn1cc(COc2cc(/C=C/c3cc4c(c(OC)c3)O[C@]3(C)C[C@@H](O)[C@@H](O)C(C)(C)[C@H]3C4)cc(OCc3cn(CC(=O)OC)nn3)c2CC=C(C)C)nn1. The Morgan fingerprint density at radius 3 is 1.90 bits per heavy atom. The minimum Gasteiger partial charge on any atom is -0.493 e. The molecule has 0 spiro atoms. The normalized spacial score (nSPS) is 20.7. The van der Waals surface area contributed by atoms with Crippen LogP contribution in [0.15, 0.2) is 48.3 Å². The monoisotopic (exact) mass is 800 g/mol.